The molecule has 0 saturated heterocycles. The van der Waals surface area contributed by atoms with Gasteiger partial charge in [0.1, 0.15) is 28.6 Å². The minimum atomic E-state index is -5.33. The van der Waals surface area contributed by atoms with Crippen molar-refractivity contribution in [3.63, 3.8) is 0 Å². The number of aliphatic hydroxyl groups is 1. The maximum atomic E-state index is 14.4. The highest BCUT2D eigenvalue weighted by Gasteiger charge is 2.56. The van der Waals surface area contributed by atoms with Crippen LogP contribution in [-0.2, 0) is 16.8 Å². The molecule has 5 N–H and O–H groups in total. The molecule has 0 spiro atoms. The number of aromatic amines is 1. The van der Waals surface area contributed by atoms with Crippen LogP contribution in [-0.4, -0.2) is 51.2 Å². The normalized spacial score (nSPS) is 13.2. The summed E-state index contributed by atoms with van der Waals surface area (Å²) in [5.41, 5.74) is 0.878. The van der Waals surface area contributed by atoms with Gasteiger partial charge in [-0.25, -0.2) is 14.4 Å². The average Bonchev–Trinajstić information content (AvgIpc) is 3.32. The van der Waals surface area contributed by atoms with E-state index in [2.05, 4.69) is 20.3 Å². The number of primary amides is 1. The molecule has 0 radical (unpaired) electrons. The second-order valence-corrected chi connectivity index (χ2v) is 8.59. The molecule has 0 bridgehead atoms. The lowest BCUT2D eigenvalue weighted by molar-refractivity contribution is -0.265. The molecule has 3 aromatic heterocycles. The number of nitrogens with one attached hydrogen (secondary N) is 2. The van der Waals surface area contributed by atoms with Crippen molar-refractivity contribution in [3.8, 4) is 17.0 Å². The molecule has 0 unspecified atom stereocenters. The van der Waals surface area contributed by atoms with E-state index in [0.717, 1.165) is 18.2 Å². The topological polar surface area (TPSA) is 143 Å². The van der Waals surface area contributed by atoms with Gasteiger partial charge in [-0.05, 0) is 55.5 Å². The second kappa shape index (κ2) is 10.7. The number of hydrogen-bond donors (Lipinski definition) is 4. The Labute approximate surface area is 219 Å². The zero-order chi connectivity index (χ0) is 28.4. The van der Waals surface area contributed by atoms with Crippen LogP contribution >= 0.6 is 0 Å². The molecule has 13 heteroatoms. The summed E-state index contributed by atoms with van der Waals surface area (Å²) in [5.74, 6) is -2.47. The van der Waals surface area contributed by atoms with Gasteiger partial charge in [0.15, 0.2) is 0 Å². The Balaban J connectivity index is 1.79. The summed E-state index contributed by atoms with van der Waals surface area (Å²) < 4.78 is 62.4. The minimum Gasteiger partial charge on any atom is -0.491 e. The Morgan fingerprint density at radius 1 is 1.15 bits per heavy atom. The van der Waals surface area contributed by atoms with E-state index in [1.54, 1.807) is 19.1 Å². The molecule has 1 aromatic carbocycles. The van der Waals surface area contributed by atoms with Crippen LogP contribution in [0, 0.1) is 5.82 Å². The van der Waals surface area contributed by atoms with E-state index in [1.807, 2.05) is 0 Å². The first-order valence-corrected chi connectivity index (χ1v) is 11.7. The fourth-order valence-electron chi connectivity index (χ4n) is 3.95. The van der Waals surface area contributed by atoms with Crippen LogP contribution in [0.15, 0.2) is 54.7 Å². The van der Waals surface area contributed by atoms with E-state index in [4.69, 9.17) is 10.5 Å². The third-order valence-electron chi connectivity index (χ3n) is 5.85. The average molecular weight is 545 g/mol. The van der Waals surface area contributed by atoms with Crippen LogP contribution in [0.5, 0.6) is 5.75 Å². The Hall–Kier alpha value is -4.52. The number of fused-ring (bicyclic) bond motifs is 1. The largest absolute Gasteiger partial charge is 0.491 e. The highest BCUT2D eigenvalue weighted by molar-refractivity contribution is 5.97. The third-order valence-corrected chi connectivity index (χ3v) is 5.85. The van der Waals surface area contributed by atoms with E-state index in [0.29, 0.717) is 11.0 Å². The van der Waals surface area contributed by atoms with Gasteiger partial charge in [-0.3, -0.25) is 9.59 Å². The lowest BCUT2D eigenvalue weighted by Crippen LogP contribution is -2.51. The zero-order valence-electron chi connectivity index (χ0n) is 20.5. The van der Waals surface area contributed by atoms with Crippen molar-refractivity contribution in [2.24, 2.45) is 5.73 Å². The zero-order valence-corrected chi connectivity index (χ0v) is 20.5. The third kappa shape index (κ3) is 5.67. The molecule has 0 aliphatic rings. The van der Waals surface area contributed by atoms with E-state index in [-0.39, 0.29) is 34.9 Å². The van der Waals surface area contributed by atoms with Gasteiger partial charge in [0.25, 0.3) is 5.91 Å². The lowest BCUT2D eigenvalue weighted by atomic mass is 9.93. The van der Waals surface area contributed by atoms with Crippen molar-refractivity contribution < 1.29 is 37.0 Å². The molecule has 0 aliphatic heterocycles. The van der Waals surface area contributed by atoms with Crippen LogP contribution in [0.2, 0.25) is 0 Å². The number of ether oxygens (including phenoxy) is 1. The Morgan fingerprint density at radius 3 is 2.49 bits per heavy atom. The number of amides is 2. The van der Waals surface area contributed by atoms with E-state index >= 15 is 0 Å². The van der Waals surface area contributed by atoms with E-state index in [9.17, 15) is 32.3 Å². The predicted molar refractivity (Wildman–Crippen MR) is 132 cm³/mol. The molecular formula is C26H23F4N5O4. The van der Waals surface area contributed by atoms with Gasteiger partial charge in [0.2, 0.25) is 11.5 Å². The number of carbonyl (C=O) groups excluding carboxylic acids is 2. The summed E-state index contributed by atoms with van der Waals surface area (Å²) in [4.78, 5) is 35.2. The SMILES string of the molecule is CCOc1c(CC(N)=O)cc([C@@](O)(CNC(=O)c2cc3cccnc3[nH]2)C(F)(F)F)nc1-c1ccc(F)cc1. The lowest BCUT2D eigenvalue weighted by Gasteiger charge is -2.31. The van der Waals surface area contributed by atoms with Crippen LogP contribution < -0.4 is 15.8 Å². The molecule has 2 amide bonds. The molecule has 204 valence electrons. The van der Waals surface area contributed by atoms with Crippen LogP contribution in [0.25, 0.3) is 22.3 Å². The van der Waals surface area contributed by atoms with Gasteiger partial charge in [-0.15, -0.1) is 0 Å². The number of nitrogens with two attached hydrogens (primary N) is 1. The first-order chi connectivity index (χ1) is 18.4. The number of alkyl halides is 3. The van der Waals surface area contributed by atoms with Crippen molar-refractivity contribution >= 4 is 22.8 Å². The van der Waals surface area contributed by atoms with Gasteiger partial charge in [-0.1, -0.05) is 0 Å². The highest BCUT2D eigenvalue weighted by Crippen LogP contribution is 2.42. The molecule has 4 rings (SSSR count). The summed E-state index contributed by atoms with van der Waals surface area (Å²) in [6.45, 7) is 0.343. The summed E-state index contributed by atoms with van der Waals surface area (Å²) in [7, 11) is 0. The van der Waals surface area contributed by atoms with Crippen molar-refractivity contribution in [3.05, 3.63) is 77.5 Å². The van der Waals surface area contributed by atoms with Crippen LogP contribution in [0.4, 0.5) is 17.6 Å². The Bertz CT molecular complexity index is 1490. The maximum absolute atomic E-state index is 14.4. The first kappa shape index (κ1) is 27.5. The molecule has 1 atom stereocenters. The van der Waals surface area contributed by atoms with Crippen LogP contribution in [0.1, 0.15) is 28.7 Å². The second-order valence-electron chi connectivity index (χ2n) is 8.59. The quantitative estimate of drug-likeness (QED) is 0.238. The smallest absolute Gasteiger partial charge is 0.424 e. The summed E-state index contributed by atoms with van der Waals surface area (Å²) in [6.07, 6.45) is -4.39. The number of halogens is 4. The fourth-order valence-corrected chi connectivity index (χ4v) is 3.95. The van der Waals surface area contributed by atoms with Gasteiger partial charge in [-0.2, -0.15) is 13.2 Å². The highest BCUT2D eigenvalue weighted by atomic mass is 19.4. The number of H-pyrrole nitrogens is 1. The number of carbonyl (C=O) groups is 2. The first-order valence-electron chi connectivity index (χ1n) is 11.7. The van der Waals surface area contributed by atoms with Gasteiger partial charge in [0, 0.05) is 22.7 Å². The molecular weight excluding hydrogens is 522 g/mol. The van der Waals surface area contributed by atoms with Crippen molar-refractivity contribution in [2.75, 3.05) is 13.2 Å². The molecule has 0 aliphatic carbocycles. The summed E-state index contributed by atoms with van der Waals surface area (Å²) >= 11 is 0. The number of pyridine rings is 2. The molecule has 0 saturated carbocycles. The van der Waals surface area contributed by atoms with Gasteiger partial charge >= 0.3 is 6.18 Å². The molecule has 0 fully saturated rings. The van der Waals surface area contributed by atoms with Crippen molar-refractivity contribution in [2.45, 2.75) is 25.1 Å². The predicted octanol–water partition coefficient (Wildman–Crippen LogP) is 3.37. The molecule has 9 nitrogen and oxygen atoms in total. The number of hydrogen-bond acceptors (Lipinski definition) is 6. The summed E-state index contributed by atoms with van der Waals surface area (Å²) in [6, 6.07) is 10.2. The van der Waals surface area contributed by atoms with Gasteiger partial charge < -0.3 is 25.9 Å². The fraction of sp³-hybridized carbons (Fsp3) is 0.231. The molecule has 39 heavy (non-hydrogen) atoms. The molecule has 3 heterocycles. The van der Waals surface area contributed by atoms with E-state index in [1.165, 1.54) is 24.4 Å². The van der Waals surface area contributed by atoms with Crippen molar-refractivity contribution in [1.82, 2.24) is 20.3 Å². The maximum Gasteiger partial charge on any atom is 0.424 e. The number of aromatic nitrogens is 3. The minimum absolute atomic E-state index is 0.0502. The van der Waals surface area contributed by atoms with Crippen molar-refractivity contribution in [1.29, 1.82) is 0 Å². The van der Waals surface area contributed by atoms with Gasteiger partial charge in [0.05, 0.1) is 25.3 Å². The number of benzene rings is 1. The monoisotopic (exact) mass is 545 g/mol. The summed E-state index contributed by atoms with van der Waals surface area (Å²) in [5, 5.41) is 13.7. The standard InChI is InChI=1S/C26H23F4N5O4/c1-2-39-22-16(12-20(31)36)11-19(35-21(22)14-5-7-17(27)8-6-14)25(38,26(28,29)30)13-33-24(37)18-10-15-4-3-9-32-23(15)34-18/h3-11,38H,2,12-13H2,1H3,(H2,31,36)(H,32,34)(H,33,37)/t25-/m0/s1. The molecule has 4 aromatic rings. The Morgan fingerprint density at radius 2 is 1.87 bits per heavy atom. The Kier molecular flexibility index (Phi) is 7.54. The number of rotatable bonds is 9. The van der Waals surface area contributed by atoms with E-state index < -0.39 is 48.1 Å². The number of nitrogens with zero attached hydrogens (tertiary/aromatic N) is 2. The van der Waals surface area contributed by atoms with Crippen LogP contribution in [0.3, 0.4) is 0 Å².